The molecule has 1 heterocycles. The average molecular weight is 1230 g/mol. The number of allylic oxidation sites excluding steroid dienone is 2. The molecule has 0 aliphatic carbocycles. The Morgan fingerprint density at radius 2 is 0.862 bits per heavy atom. The molecule has 0 bridgehead atoms. The van der Waals surface area contributed by atoms with Gasteiger partial charge in [0.05, 0.1) is 12.7 Å². The molecule has 0 aromatic rings. The second kappa shape index (κ2) is 35.7. The van der Waals surface area contributed by atoms with E-state index in [-0.39, 0.29) is 49.9 Å². The number of likely N-dealkylation sites (N-methyl/N-ethyl adjacent to an activating group) is 7. The zero-order valence-electron chi connectivity index (χ0n) is 57.1. The van der Waals surface area contributed by atoms with Crippen LogP contribution >= 0.6 is 0 Å². The van der Waals surface area contributed by atoms with Crippen LogP contribution in [0.5, 0.6) is 0 Å². The first-order valence-corrected chi connectivity index (χ1v) is 31.2. The van der Waals surface area contributed by atoms with Crippen molar-refractivity contribution in [2.24, 2.45) is 41.4 Å². The molecule has 24 nitrogen and oxygen atoms in total. The van der Waals surface area contributed by atoms with Crippen molar-refractivity contribution in [2.75, 3.05) is 55.9 Å². The lowest BCUT2D eigenvalue weighted by Gasteiger charge is -2.41. The van der Waals surface area contributed by atoms with Crippen molar-refractivity contribution < 1.29 is 63.0 Å². The molecule has 1 aliphatic heterocycles. The Hall–Kier alpha value is -6.17. The molecule has 0 radical (unpaired) electrons. The predicted molar refractivity (Wildman–Crippen MR) is 334 cm³/mol. The maximum Gasteiger partial charge on any atom is 0.248 e. The van der Waals surface area contributed by atoms with E-state index < -0.39 is 168 Å². The number of carbonyl (C=O) groups excluding carboxylic acids is 11. The van der Waals surface area contributed by atoms with Crippen LogP contribution in [-0.4, -0.2) is 238 Å². The summed E-state index contributed by atoms with van der Waals surface area (Å²) in [6.45, 7) is 28.5. The lowest BCUT2D eigenvalue weighted by Crippen LogP contribution is -2.64. The molecule has 1 fully saturated rings. The van der Waals surface area contributed by atoms with Crippen molar-refractivity contribution in [1.82, 2.24) is 55.6 Å². The lowest BCUT2D eigenvalue weighted by molar-refractivity contribution is -0.157. The van der Waals surface area contributed by atoms with Gasteiger partial charge in [-0.3, -0.25) is 52.7 Å². The fraction of sp³-hybridized carbons (Fsp3) is 0.794. The summed E-state index contributed by atoms with van der Waals surface area (Å²) >= 11 is 0. The standard InChI is InChI=1S/C63H113N11O13/c1-25-28-29-40(15)52(76)51-56(80)66-43(27-3)58(82)71(21)47(33-75)61(85)73(23)50(39(14)26-2)55(79)67-48(37(10)11)62(86)68(18)44(30-34(4)5)54(78)64-41(16)53(77)65-42(17)57(81)69(19)45(31-35(6)7)59(83)70(20)46(32-36(8)9)60(84)72(22)49(38(12)13)63(87)74(51)24/h25,28,34-52,75-76H,26-27,29-33H2,1-24H3,(H,64,78)(H,65,77)(H,66,80)(H,67,79)/t39?,40-,41+,42-,43+,44+,45+,46+,47?,48+,49+,50+,51+,52-/m1/s1. The highest BCUT2D eigenvalue weighted by atomic mass is 16.3. The van der Waals surface area contributed by atoms with E-state index in [1.54, 1.807) is 74.5 Å². The minimum atomic E-state index is -1.67. The number of carbonyl (C=O) groups is 11. The summed E-state index contributed by atoms with van der Waals surface area (Å²) in [6.07, 6.45) is 3.00. The molecular formula is C63H113N11O13. The first kappa shape index (κ1) is 78.8. The third kappa shape index (κ3) is 21.0. The van der Waals surface area contributed by atoms with Crippen molar-refractivity contribution in [3.8, 4) is 0 Å². The third-order valence-corrected chi connectivity index (χ3v) is 17.0. The van der Waals surface area contributed by atoms with Crippen LogP contribution in [0.3, 0.4) is 0 Å². The number of aliphatic hydroxyl groups excluding tert-OH is 2. The fourth-order valence-electron chi connectivity index (χ4n) is 11.1. The van der Waals surface area contributed by atoms with Crippen LogP contribution in [0.25, 0.3) is 0 Å². The van der Waals surface area contributed by atoms with E-state index >= 15 is 9.59 Å². The van der Waals surface area contributed by atoms with E-state index in [9.17, 15) is 53.4 Å². The van der Waals surface area contributed by atoms with Crippen LogP contribution in [0.4, 0.5) is 0 Å². The molecule has 1 aliphatic rings. The zero-order valence-corrected chi connectivity index (χ0v) is 57.1. The summed E-state index contributed by atoms with van der Waals surface area (Å²) < 4.78 is 0. The number of hydrogen-bond donors (Lipinski definition) is 6. The van der Waals surface area contributed by atoms with Gasteiger partial charge < -0.3 is 65.8 Å². The molecule has 14 atom stereocenters. The Morgan fingerprint density at radius 3 is 1.31 bits per heavy atom. The summed E-state index contributed by atoms with van der Waals surface area (Å²) in [5, 5.41) is 33.9. The average Bonchev–Trinajstić information content (AvgIpc) is 1.27. The van der Waals surface area contributed by atoms with E-state index in [4.69, 9.17) is 0 Å². The molecule has 0 aromatic heterocycles. The highest BCUT2D eigenvalue weighted by molar-refractivity contribution is 6.00. The molecular weight excluding hydrogens is 1120 g/mol. The monoisotopic (exact) mass is 1230 g/mol. The minimum Gasteiger partial charge on any atom is -0.394 e. The van der Waals surface area contributed by atoms with E-state index in [0.717, 1.165) is 14.7 Å². The molecule has 87 heavy (non-hydrogen) atoms. The van der Waals surface area contributed by atoms with Gasteiger partial charge in [-0.05, 0) is 94.3 Å². The maximum atomic E-state index is 15.2. The molecule has 1 rings (SSSR count). The predicted octanol–water partition coefficient (Wildman–Crippen LogP) is 2.63. The minimum absolute atomic E-state index is 0.0628. The number of rotatable bonds is 16. The second-order valence-electron chi connectivity index (χ2n) is 26.2. The second-order valence-corrected chi connectivity index (χ2v) is 26.2. The van der Waals surface area contributed by atoms with Crippen LogP contribution in [0, 0.1) is 41.4 Å². The van der Waals surface area contributed by atoms with Gasteiger partial charge in [0.1, 0.15) is 66.5 Å². The summed E-state index contributed by atoms with van der Waals surface area (Å²) in [6, 6.07) is -14.4. The molecule has 2 unspecified atom stereocenters. The molecule has 0 aromatic carbocycles. The van der Waals surface area contributed by atoms with Gasteiger partial charge in [-0.15, -0.1) is 0 Å². The summed E-state index contributed by atoms with van der Waals surface area (Å²) in [4.78, 5) is 169. The van der Waals surface area contributed by atoms with Gasteiger partial charge in [0.2, 0.25) is 65.0 Å². The van der Waals surface area contributed by atoms with Crippen LogP contribution in [0.15, 0.2) is 12.2 Å². The van der Waals surface area contributed by atoms with Gasteiger partial charge in [0.15, 0.2) is 0 Å². The number of nitrogens with zero attached hydrogens (tertiary/aromatic N) is 7. The van der Waals surface area contributed by atoms with Crippen LogP contribution < -0.4 is 21.3 Å². The fourth-order valence-corrected chi connectivity index (χ4v) is 11.1. The van der Waals surface area contributed by atoms with E-state index in [2.05, 4.69) is 21.3 Å². The first-order chi connectivity index (χ1) is 40.2. The molecule has 6 N–H and O–H groups in total. The van der Waals surface area contributed by atoms with Crippen molar-refractivity contribution in [3.63, 3.8) is 0 Å². The number of aliphatic hydroxyl groups is 2. The number of nitrogens with one attached hydrogen (secondary N) is 4. The van der Waals surface area contributed by atoms with Gasteiger partial charge in [-0.25, -0.2) is 0 Å². The Kier molecular flexibility index (Phi) is 32.4. The van der Waals surface area contributed by atoms with Crippen molar-refractivity contribution in [1.29, 1.82) is 0 Å². The zero-order chi connectivity index (χ0) is 67.6. The Balaban J connectivity index is 4.42. The van der Waals surface area contributed by atoms with Crippen LogP contribution in [-0.2, 0) is 52.7 Å². The Morgan fingerprint density at radius 1 is 0.448 bits per heavy atom. The van der Waals surface area contributed by atoms with Crippen LogP contribution in [0.2, 0.25) is 0 Å². The first-order valence-electron chi connectivity index (χ1n) is 31.2. The maximum absolute atomic E-state index is 15.2. The Bertz CT molecular complexity index is 2380. The molecule has 0 saturated carbocycles. The van der Waals surface area contributed by atoms with E-state index in [1.807, 2.05) is 41.5 Å². The van der Waals surface area contributed by atoms with E-state index in [0.29, 0.717) is 6.42 Å². The quantitative estimate of drug-likeness (QED) is 0.121. The summed E-state index contributed by atoms with van der Waals surface area (Å²) in [5.74, 6) is -10.9. The van der Waals surface area contributed by atoms with E-state index in [1.165, 1.54) is 82.8 Å². The van der Waals surface area contributed by atoms with Crippen molar-refractivity contribution in [3.05, 3.63) is 12.2 Å². The smallest absolute Gasteiger partial charge is 0.248 e. The normalized spacial score (nSPS) is 27.7. The number of amides is 11. The van der Waals surface area contributed by atoms with Gasteiger partial charge in [-0.2, -0.15) is 0 Å². The Labute approximate surface area is 520 Å². The van der Waals surface area contributed by atoms with Gasteiger partial charge in [0, 0.05) is 49.3 Å². The van der Waals surface area contributed by atoms with Gasteiger partial charge in [-0.1, -0.05) is 116 Å². The molecule has 498 valence electrons. The lowest BCUT2D eigenvalue weighted by atomic mass is 9.91. The number of hydrogen-bond acceptors (Lipinski definition) is 13. The van der Waals surface area contributed by atoms with Gasteiger partial charge in [0.25, 0.3) is 0 Å². The largest absolute Gasteiger partial charge is 0.394 e. The molecule has 0 spiro atoms. The summed E-state index contributed by atoms with van der Waals surface area (Å²) in [5.41, 5.74) is 0. The topological polar surface area (TPSA) is 299 Å². The third-order valence-electron chi connectivity index (χ3n) is 17.0. The van der Waals surface area contributed by atoms with Crippen molar-refractivity contribution in [2.45, 2.75) is 229 Å². The van der Waals surface area contributed by atoms with Crippen LogP contribution in [0.1, 0.15) is 156 Å². The summed E-state index contributed by atoms with van der Waals surface area (Å²) in [7, 11) is 9.65. The molecule has 24 heteroatoms. The van der Waals surface area contributed by atoms with Gasteiger partial charge >= 0.3 is 0 Å². The molecule has 11 amide bonds. The highest BCUT2D eigenvalue weighted by Crippen LogP contribution is 2.26. The molecule has 1 saturated heterocycles. The SMILES string of the molecule is CC=CC[C@@H](C)[C@@H](O)[C@H]1C(=O)N[C@@H](CC)C(=O)N(C)C(CO)C(=O)N(C)[C@@H](C(C)CC)C(=O)N[C@@H](C(C)C)C(=O)N(C)[C@@H](CC(C)C)C(=O)N[C@@H](C)C(=O)N[C@H](C)C(=O)N(C)[C@@H](CC(C)C)C(=O)N(C)[C@@H](CC(C)C)C(=O)N(C)[C@@H](C(C)C)C(=O)N1C. The van der Waals surface area contributed by atoms with Crippen molar-refractivity contribution >= 4 is 65.0 Å². The highest BCUT2D eigenvalue weighted by Gasteiger charge is 2.46.